The second kappa shape index (κ2) is 7.73. The Labute approximate surface area is 161 Å². The first-order valence-electron chi connectivity index (χ1n) is 8.32. The first kappa shape index (κ1) is 19.4. The van der Waals surface area contributed by atoms with E-state index < -0.39 is 15.6 Å². The van der Waals surface area contributed by atoms with E-state index in [9.17, 15) is 18.0 Å². The Hall–Kier alpha value is -3.33. The molecule has 8 nitrogen and oxygen atoms in total. The second-order valence-electron chi connectivity index (χ2n) is 6.14. The SMILES string of the molecule is Cn1c(NCC(=O)c2ccccc2S(C)(=O)=O)nc(-c2ccncc2)cc1=O. The van der Waals surface area contributed by atoms with E-state index in [0.29, 0.717) is 11.3 Å². The van der Waals surface area contributed by atoms with Gasteiger partial charge in [-0.3, -0.25) is 19.1 Å². The summed E-state index contributed by atoms with van der Waals surface area (Å²) in [5.74, 6) is -0.228. The third-order valence-electron chi connectivity index (χ3n) is 4.10. The molecule has 9 heteroatoms. The number of anilines is 1. The molecule has 0 saturated heterocycles. The van der Waals surface area contributed by atoms with Crippen molar-refractivity contribution < 1.29 is 13.2 Å². The number of hydrogen-bond acceptors (Lipinski definition) is 7. The molecule has 0 unspecified atom stereocenters. The standard InChI is InChI=1S/C19H18N4O4S/c1-23-18(25)11-15(13-7-9-20-10-8-13)22-19(23)21-12-16(24)14-5-3-4-6-17(14)28(2,26)27/h3-11H,12H2,1-2H3,(H,21,22). The minimum atomic E-state index is -3.54. The van der Waals surface area contributed by atoms with Crippen LogP contribution in [0.4, 0.5) is 5.95 Å². The molecule has 28 heavy (non-hydrogen) atoms. The van der Waals surface area contributed by atoms with Gasteiger partial charge in [-0.1, -0.05) is 18.2 Å². The van der Waals surface area contributed by atoms with E-state index in [-0.39, 0.29) is 28.5 Å². The number of aromatic nitrogens is 3. The van der Waals surface area contributed by atoms with Gasteiger partial charge in [0.05, 0.1) is 17.1 Å². The number of carbonyl (C=O) groups excluding carboxylic acids is 1. The average molecular weight is 398 g/mol. The molecule has 0 aliphatic rings. The third-order valence-corrected chi connectivity index (χ3v) is 5.26. The van der Waals surface area contributed by atoms with Gasteiger partial charge in [0.25, 0.3) is 5.56 Å². The van der Waals surface area contributed by atoms with E-state index in [0.717, 1.165) is 6.26 Å². The molecule has 0 aliphatic heterocycles. The normalized spacial score (nSPS) is 11.2. The zero-order valence-corrected chi connectivity index (χ0v) is 16.1. The molecule has 144 valence electrons. The van der Waals surface area contributed by atoms with Gasteiger partial charge in [-0.2, -0.15) is 0 Å². The number of nitrogens with zero attached hydrogens (tertiary/aromatic N) is 3. The Morgan fingerprint density at radius 1 is 1.14 bits per heavy atom. The summed E-state index contributed by atoms with van der Waals surface area (Å²) in [6, 6.07) is 10.8. The summed E-state index contributed by atoms with van der Waals surface area (Å²) in [6.45, 7) is -0.216. The highest BCUT2D eigenvalue weighted by Crippen LogP contribution is 2.17. The van der Waals surface area contributed by atoms with Crippen molar-refractivity contribution in [3.05, 3.63) is 70.8 Å². The van der Waals surface area contributed by atoms with Crippen LogP contribution in [0.5, 0.6) is 0 Å². The maximum atomic E-state index is 12.6. The summed E-state index contributed by atoms with van der Waals surface area (Å²) in [6.07, 6.45) is 4.23. The van der Waals surface area contributed by atoms with Crippen LogP contribution >= 0.6 is 0 Å². The minimum absolute atomic E-state index is 0.0332. The average Bonchev–Trinajstić information content (AvgIpc) is 2.68. The molecule has 0 radical (unpaired) electrons. The molecule has 0 bridgehead atoms. The summed E-state index contributed by atoms with van der Waals surface area (Å²) in [5.41, 5.74) is 0.947. The van der Waals surface area contributed by atoms with Crippen molar-refractivity contribution in [2.24, 2.45) is 7.05 Å². The van der Waals surface area contributed by atoms with Gasteiger partial charge < -0.3 is 5.32 Å². The first-order chi connectivity index (χ1) is 13.3. The fourth-order valence-electron chi connectivity index (χ4n) is 2.64. The lowest BCUT2D eigenvalue weighted by Gasteiger charge is -2.12. The molecule has 1 N–H and O–H groups in total. The minimum Gasteiger partial charge on any atom is -0.348 e. The van der Waals surface area contributed by atoms with Gasteiger partial charge in [-0.25, -0.2) is 13.4 Å². The molecular weight excluding hydrogens is 380 g/mol. The lowest BCUT2D eigenvalue weighted by molar-refractivity contribution is 0.100. The Balaban J connectivity index is 1.89. The van der Waals surface area contributed by atoms with Crippen molar-refractivity contribution in [1.29, 1.82) is 0 Å². The Kier molecular flexibility index (Phi) is 5.36. The van der Waals surface area contributed by atoms with Crippen molar-refractivity contribution in [3.63, 3.8) is 0 Å². The first-order valence-corrected chi connectivity index (χ1v) is 10.2. The van der Waals surface area contributed by atoms with Crippen LogP contribution < -0.4 is 10.9 Å². The summed E-state index contributed by atoms with van der Waals surface area (Å²) in [7, 11) is -2.01. The third kappa shape index (κ3) is 4.15. The van der Waals surface area contributed by atoms with Crippen LogP contribution in [0.3, 0.4) is 0 Å². The zero-order chi connectivity index (χ0) is 20.3. The van der Waals surface area contributed by atoms with E-state index in [4.69, 9.17) is 0 Å². The van der Waals surface area contributed by atoms with E-state index in [1.165, 1.54) is 29.8 Å². The van der Waals surface area contributed by atoms with Crippen LogP contribution in [0.25, 0.3) is 11.3 Å². The van der Waals surface area contributed by atoms with Crippen LogP contribution in [-0.2, 0) is 16.9 Å². The number of ketones is 1. The van der Waals surface area contributed by atoms with Crippen LogP contribution in [0.15, 0.2) is 64.5 Å². The molecule has 0 spiro atoms. The number of Topliss-reactive ketones (excluding diaryl/α,β-unsaturated/α-hetero) is 1. The highest BCUT2D eigenvalue weighted by Gasteiger charge is 2.18. The highest BCUT2D eigenvalue weighted by molar-refractivity contribution is 7.90. The number of rotatable bonds is 6. The van der Waals surface area contributed by atoms with Crippen LogP contribution in [0.1, 0.15) is 10.4 Å². The van der Waals surface area contributed by atoms with E-state index in [1.807, 2.05) is 0 Å². The number of nitrogens with one attached hydrogen (secondary N) is 1. The van der Waals surface area contributed by atoms with Gasteiger partial charge in [0.15, 0.2) is 15.6 Å². The van der Waals surface area contributed by atoms with E-state index >= 15 is 0 Å². The Bertz CT molecular complexity index is 1190. The molecule has 0 amide bonds. The van der Waals surface area contributed by atoms with E-state index in [2.05, 4.69) is 15.3 Å². The van der Waals surface area contributed by atoms with Crippen LogP contribution in [0, 0.1) is 0 Å². The monoisotopic (exact) mass is 398 g/mol. The predicted molar refractivity (Wildman–Crippen MR) is 105 cm³/mol. The number of benzene rings is 1. The number of hydrogen-bond donors (Lipinski definition) is 1. The maximum Gasteiger partial charge on any atom is 0.255 e. The van der Waals surface area contributed by atoms with Gasteiger partial charge in [0, 0.05) is 42.9 Å². The fraction of sp³-hybridized carbons (Fsp3) is 0.158. The topological polar surface area (TPSA) is 111 Å². The molecule has 1 aromatic carbocycles. The predicted octanol–water partition coefficient (Wildman–Crippen LogP) is 1.54. The Morgan fingerprint density at radius 3 is 2.50 bits per heavy atom. The molecule has 2 heterocycles. The van der Waals surface area contributed by atoms with Crippen molar-refractivity contribution in [2.45, 2.75) is 4.90 Å². The molecule has 0 atom stereocenters. The molecule has 3 rings (SSSR count). The largest absolute Gasteiger partial charge is 0.348 e. The lowest BCUT2D eigenvalue weighted by Crippen LogP contribution is -2.25. The maximum absolute atomic E-state index is 12.6. The van der Waals surface area contributed by atoms with Crippen LogP contribution in [0.2, 0.25) is 0 Å². The van der Waals surface area contributed by atoms with Crippen molar-refractivity contribution in [3.8, 4) is 11.3 Å². The molecule has 0 aliphatic carbocycles. The quantitative estimate of drug-likeness (QED) is 0.627. The van der Waals surface area contributed by atoms with Gasteiger partial charge >= 0.3 is 0 Å². The lowest BCUT2D eigenvalue weighted by atomic mass is 10.1. The molecule has 3 aromatic rings. The summed E-state index contributed by atoms with van der Waals surface area (Å²) in [4.78, 5) is 33.1. The van der Waals surface area contributed by atoms with Crippen molar-refractivity contribution in [2.75, 3.05) is 18.1 Å². The molecular formula is C19H18N4O4S. The van der Waals surface area contributed by atoms with Crippen molar-refractivity contribution in [1.82, 2.24) is 14.5 Å². The summed E-state index contributed by atoms with van der Waals surface area (Å²) < 4.78 is 25.1. The summed E-state index contributed by atoms with van der Waals surface area (Å²) >= 11 is 0. The van der Waals surface area contributed by atoms with Gasteiger partial charge in [-0.05, 0) is 18.2 Å². The smallest absolute Gasteiger partial charge is 0.255 e. The number of pyridine rings is 1. The van der Waals surface area contributed by atoms with Gasteiger partial charge in [0.2, 0.25) is 5.95 Å². The second-order valence-corrected chi connectivity index (χ2v) is 8.13. The number of sulfone groups is 1. The van der Waals surface area contributed by atoms with Gasteiger partial charge in [-0.15, -0.1) is 0 Å². The van der Waals surface area contributed by atoms with E-state index in [1.54, 1.807) is 36.7 Å². The molecule has 0 saturated carbocycles. The fourth-order valence-corrected chi connectivity index (χ4v) is 3.55. The zero-order valence-electron chi connectivity index (χ0n) is 15.3. The highest BCUT2D eigenvalue weighted by atomic mass is 32.2. The summed E-state index contributed by atoms with van der Waals surface area (Å²) in [5, 5.41) is 2.83. The molecule has 2 aromatic heterocycles. The number of carbonyl (C=O) groups is 1. The molecule has 0 fully saturated rings. The van der Waals surface area contributed by atoms with Gasteiger partial charge in [0.1, 0.15) is 0 Å². The van der Waals surface area contributed by atoms with Crippen molar-refractivity contribution >= 4 is 21.6 Å². The van der Waals surface area contributed by atoms with Crippen LogP contribution in [-0.4, -0.2) is 41.5 Å². The Morgan fingerprint density at radius 2 is 1.82 bits per heavy atom.